The Morgan fingerprint density at radius 3 is 2.50 bits per heavy atom. The molecule has 0 aromatic rings. The van der Waals surface area contributed by atoms with Gasteiger partial charge in [-0.15, -0.1) is 0 Å². The van der Waals surface area contributed by atoms with Crippen LogP contribution in [0, 0.1) is 5.92 Å². The van der Waals surface area contributed by atoms with E-state index in [2.05, 4.69) is 19.0 Å². The number of oxime groups is 1. The van der Waals surface area contributed by atoms with Crippen molar-refractivity contribution in [2.45, 2.75) is 40.2 Å². The lowest BCUT2D eigenvalue weighted by molar-refractivity contribution is 0.0346. The molecule has 60 valence electrons. The van der Waals surface area contributed by atoms with Crippen molar-refractivity contribution in [1.82, 2.24) is 0 Å². The predicted octanol–water partition coefficient (Wildman–Crippen LogP) is 2.44. The van der Waals surface area contributed by atoms with Crippen molar-refractivity contribution in [3.8, 4) is 0 Å². The third-order valence-corrected chi connectivity index (χ3v) is 1.78. The van der Waals surface area contributed by atoms with Crippen LogP contribution in [-0.2, 0) is 4.84 Å². The van der Waals surface area contributed by atoms with Gasteiger partial charge in [-0.05, 0) is 26.2 Å². The van der Waals surface area contributed by atoms with E-state index in [1.165, 1.54) is 0 Å². The summed E-state index contributed by atoms with van der Waals surface area (Å²) >= 11 is 0. The van der Waals surface area contributed by atoms with Gasteiger partial charge in [-0.25, -0.2) is 0 Å². The first kappa shape index (κ1) is 9.47. The summed E-state index contributed by atoms with van der Waals surface area (Å²) < 4.78 is 0. The number of hydrogen-bond acceptors (Lipinski definition) is 2. The molecule has 0 radical (unpaired) electrons. The molecule has 0 saturated heterocycles. The van der Waals surface area contributed by atoms with Crippen molar-refractivity contribution < 1.29 is 4.84 Å². The second-order valence-electron chi connectivity index (χ2n) is 2.56. The molecule has 2 atom stereocenters. The van der Waals surface area contributed by atoms with Gasteiger partial charge in [-0.2, -0.15) is 0 Å². The van der Waals surface area contributed by atoms with Gasteiger partial charge in [0.05, 0.1) is 0 Å². The zero-order valence-corrected chi connectivity index (χ0v) is 7.29. The highest BCUT2D eigenvalue weighted by Crippen LogP contribution is 2.10. The fourth-order valence-electron chi connectivity index (χ4n) is 0.593. The number of hydrogen-bond donors (Lipinski definition) is 0. The summed E-state index contributed by atoms with van der Waals surface area (Å²) in [6, 6.07) is 0. The molecule has 0 spiro atoms. The van der Waals surface area contributed by atoms with Crippen molar-refractivity contribution >= 4 is 6.21 Å². The van der Waals surface area contributed by atoms with Crippen LogP contribution in [0.2, 0.25) is 0 Å². The van der Waals surface area contributed by atoms with E-state index in [9.17, 15) is 0 Å². The third-order valence-electron chi connectivity index (χ3n) is 1.78. The first-order valence-electron chi connectivity index (χ1n) is 3.86. The van der Waals surface area contributed by atoms with E-state index in [0.29, 0.717) is 5.92 Å². The Bertz CT molecular complexity index is 101. The summed E-state index contributed by atoms with van der Waals surface area (Å²) in [5, 5.41) is 3.72. The number of rotatable bonds is 4. The van der Waals surface area contributed by atoms with Gasteiger partial charge >= 0.3 is 0 Å². The second kappa shape index (κ2) is 5.27. The highest BCUT2D eigenvalue weighted by Gasteiger charge is 2.09. The molecule has 0 amide bonds. The maximum atomic E-state index is 5.11. The van der Waals surface area contributed by atoms with Gasteiger partial charge in [0.15, 0.2) is 0 Å². The van der Waals surface area contributed by atoms with Crippen LogP contribution in [0.25, 0.3) is 0 Å². The van der Waals surface area contributed by atoms with Crippen molar-refractivity contribution in [3.05, 3.63) is 0 Å². The molecule has 0 aliphatic rings. The molecule has 2 heteroatoms. The standard InChI is InChI=1S/C8H17NO/c1-5-7(3)8(4)10-9-6-2/h6-8H,5H2,1-4H3. The van der Waals surface area contributed by atoms with E-state index in [0.717, 1.165) is 6.42 Å². The summed E-state index contributed by atoms with van der Waals surface area (Å²) in [6.07, 6.45) is 3.04. The molecule has 0 aliphatic heterocycles. The van der Waals surface area contributed by atoms with Crippen LogP contribution in [0.4, 0.5) is 0 Å². The van der Waals surface area contributed by atoms with Crippen LogP contribution in [-0.4, -0.2) is 12.3 Å². The zero-order chi connectivity index (χ0) is 7.98. The maximum absolute atomic E-state index is 5.11. The van der Waals surface area contributed by atoms with Gasteiger partial charge in [-0.1, -0.05) is 19.0 Å². The molecule has 2 unspecified atom stereocenters. The van der Waals surface area contributed by atoms with E-state index in [4.69, 9.17) is 4.84 Å². The number of nitrogens with zero attached hydrogens (tertiary/aromatic N) is 1. The second-order valence-corrected chi connectivity index (χ2v) is 2.56. The minimum Gasteiger partial charge on any atom is -0.393 e. The summed E-state index contributed by atoms with van der Waals surface area (Å²) in [5.74, 6) is 0.587. The molecular formula is C8H17NO. The highest BCUT2D eigenvalue weighted by atomic mass is 16.6. The van der Waals surface area contributed by atoms with E-state index in [1.807, 2.05) is 13.8 Å². The molecule has 0 fully saturated rings. The lowest BCUT2D eigenvalue weighted by atomic mass is 10.0. The normalized spacial score (nSPS) is 17.2. The van der Waals surface area contributed by atoms with Gasteiger partial charge in [0, 0.05) is 6.21 Å². The Morgan fingerprint density at radius 1 is 1.50 bits per heavy atom. The Kier molecular flexibility index (Phi) is 4.99. The van der Waals surface area contributed by atoms with Gasteiger partial charge in [0.2, 0.25) is 0 Å². The topological polar surface area (TPSA) is 21.6 Å². The zero-order valence-electron chi connectivity index (χ0n) is 7.29. The molecule has 0 heterocycles. The molecule has 0 aromatic heterocycles. The summed E-state index contributed by atoms with van der Waals surface area (Å²) in [4.78, 5) is 5.11. The van der Waals surface area contributed by atoms with Gasteiger partial charge in [0.25, 0.3) is 0 Å². The fourth-order valence-corrected chi connectivity index (χ4v) is 0.593. The molecule has 0 saturated carbocycles. The van der Waals surface area contributed by atoms with Crippen LogP contribution in [0.5, 0.6) is 0 Å². The summed E-state index contributed by atoms with van der Waals surface area (Å²) in [6.45, 7) is 8.21. The Labute approximate surface area is 63.3 Å². The third kappa shape index (κ3) is 3.49. The van der Waals surface area contributed by atoms with Crippen LogP contribution in [0.1, 0.15) is 34.1 Å². The molecule has 10 heavy (non-hydrogen) atoms. The Morgan fingerprint density at radius 2 is 2.10 bits per heavy atom. The van der Waals surface area contributed by atoms with Crippen molar-refractivity contribution in [1.29, 1.82) is 0 Å². The predicted molar refractivity (Wildman–Crippen MR) is 44.2 cm³/mol. The Hall–Kier alpha value is -0.530. The molecule has 0 aromatic carbocycles. The fraction of sp³-hybridized carbons (Fsp3) is 0.875. The van der Waals surface area contributed by atoms with Crippen molar-refractivity contribution in [3.63, 3.8) is 0 Å². The Balaban J connectivity index is 3.50. The van der Waals surface area contributed by atoms with Crippen molar-refractivity contribution in [2.75, 3.05) is 0 Å². The summed E-state index contributed by atoms with van der Waals surface area (Å²) in [7, 11) is 0. The van der Waals surface area contributed by atoms with E-state index in [1.54, 1.807) is 6.21 Å². The molecule has 0 rings (SSSR count). The lowest BCUT2D eigenvalue weighted by Crippen LogP contribution is -2.14. The smallest absolute Gasteiger partial charge is 0.127 e. The van der Waals surface area contributed by atoms with E-state index < -0.39 is 0 Å². The SMILES string of the molecule is CC=NOC(C)C(C)CC. The molecule has 2 nitrogen and oxygen atoms in total. The molecular weight excluding hydrogens is 126 g/mol. The van der Waals surface area contributed by atoms with Crippen LogP contribution >= 0.6 is 0 Å². The van der Waals surface area contributed by atoms with E-state index in [-0.39, 0.29) is 6.10 Å². The van der Waals surface area contributed by atoms with Gasteiger partial charge < -0.3 is 4.84 Å². The molecule has 0 aliphatic carbocycles. The average molecular weight is 143 g/mol. The molecule has 0 bridgehead atoms. The average Bonchev–Trinajstić information content (AvgIpc) is 1.98. The molecule has 0 N–H and O–H groups in total. The maximum Gasteiger partial charge on any atom is 0.127 e. The van der Waals surface area contributed by atoms with Crippen LogP contribution in [0.15, 0.2) is 5.16 Å². The minimum absolute atomic E-state index is 0.237. The minimum atomic E-state index is 0.237. The monoisotopic (exact) mass is 143 g/mol. The van der Waals surface area contributed by atoms with Crippen molar-refractivity contribution in [2.24, 2.45) is 11.1 Å². The first-order valence-corrected chi connectivity index (χ1v) is 3.86. The van der Waals surface area contributed by atoms with E-state index >= 15 is 0 Å². The largest absolute Gasteiger partial charge is 0.393 e. The lowest BCUT2D eigenvalue weighted by Gasteiger charge is -2.15. The summed E-state index contributed by atoms with van der Waals surface area (Å²) in [5.41, 5.74) is 0. The quantitative estimate of drug-likeness (QED) is 0.437. The van der Waals surface area contributed by atoms with Crippen LogP contribution in [0.3, 0.4) is 0 Å². The highest BCUT2D eigenvalue weighted by molar-refractivity contribution is 5.52. The van der Waals surface area contributed by atoms with Gasteiger partial charge in [-0.3, -0.25) is 0 Å². The first-order chi connectivity index (χ1) is 4.72. The van der Waals surface area contributed by atoms with Gasteiger partial charge in [0.1, 0.15) is 6.10 Å². The van der Waals surface area contributed by atoms with Crippen LogP contribution < -0.4 is 0 Å².